The number of hydrogen-bond acceptors (Lipinski definition) is 4. The Morgan fingerprint density at radius 1 is 1.18 bits per heavy atom. The summed E-state index contributed by atoms with van der Waals surface area (Å²) in [4.78, 5) is 13.1. The van der Waals surface area contributed by atoms with E-state index in [9.17, 15) is 4.79 Å². The molecule has 5 nitrogen and oxygen atoms in total. The Hall–Kier alpha value is -2.01. The number of nitrogens with one attached hydrogen (secondary N) is 1. The number of benzene rings is 1. The first-order valence-corrected chi connectivity index (χ1v) is 7.96. The minimum absolute atomic E-state index is 0.298. The first-order valence-electron chi connectivity index (χ1n) is 7.96. The van der Waals surface area contributed by atoms with Gasteiger partial charge in [-0.3, -0.25) is 10.1 Å². The number of ether oxygens (including phenoxy) is 1. The molecule has 1 aromatic carbocycles. The number of anilines is 1. The van der Waals surface area contributed by atoms with Crippen LogP contribution in [0.25, 0.3) is 11.0 Å². The highest BCUT2D eigenvalue weighted by Gasteiger charge is 2.32. The van der Waals surface area contributed by atoms with Gasteiger partial charge in [0, 0.05) is 30.6 Å². The molecule has 0 atom stereocenters. The predicted molar refractivity (Wildman–Crippen MR) is 84.1 cm³/mol. The minimum Gasteiger partial charge on any atom is -0.490 e. The average Bonchev–Trinajstić information content (AvgIpc) is 3.29. The summed E-state index contributed by atoms with van der Waals surface area (Å²) in [6, 6.07) is 8.46. The van der Waals surface area contributed by atoms with Crippen LogP contribution in [0.3, 0.4) is 0 Å². The summed E-state index contributed by atoms with van der Waals surface area (Å²) < 4.78 is 11.6. The average molecular weight is 300 g/mol. The Bertz CT molecular complexity index is 670. The summed E-state index contributed by atoms with van der Waals surface area (Å²) >= 11 is 0. The van der Waals surface area contributed by atoms with Crippen molar-refractivity contribution in [3.05, 3.63) is 24.3 Å². The molecule has 1 amide bonds. The van der Waals surface area contributed by atoms with Crippen molar-refractivity contribution in [3.63, 3.8) is 0 Å². The fraction of sp³-hybridized carbons (Fsp3) is 0.471. The van der Waals surface area contributed by atoms with Crippen molar-refractivity contribution in [1.82, 2.24) is 4.90 Å². The predicted octanol–water partition coefficient (Wildman–Crippen LogP) is 3.01. The van der Waals surface area contributed by atoms with Crippen molar-refractivity contribution in [2.45, 2.75) is 37.8 Å². The summed E-state index contributed by atoms with van der Waals surface area (Å²) in [5.41, 5.74) is 0.750. The van der Waals surface area contributed by atoms with Crippen molar-refractivity contribution < 1.29 is 13.9 Å². The standard InChI is InChI=1S/C17H20N2O3/c20-11-18-17-10-12-9-15(3-4-16(12)22-17)21-14-5-7-19(8-6-14)13-1-2-13/h3-4,9-11,13-14H,1-2,5-8H2,(H,18,20). The number of amides is 1. The Morgan fingerprint density at radius 2 is 2.00 bits per heavy atom. The fourth-order valence-electron chi connectivity index (χ4n) is 3.21. The molecular formula is C17H20N2O3. The Kier molecular flexibility index (Phi) is 3.50. The van der Waals surface area contributed by atoms with Crippen molar-refractivity contribution in [2.75, 3.05) is 18.4 Å². The molecule has 4 rings (SSSR count). The molecule has 1 N–H and O–H groups in total. The van der Waals surface area contributed by atoms with E-state index in [1.54, 1.807) is 0 Å². The van der Waals surface area contributed by atoms with Gasteiger partial charge in [-0.2, -0.15) is 0 Å². The maximum atomic E-state index is 10.5. The third-order valence-corrected chi connectivity index (χ3v) is 4.53. The van der Waals surface area contributed by atoms with Gasteiger partial charge in [-0.15, -0.1) is 0 Å². The molecular weight excluding hydrogens is 280 g/mol. The van der Waals surface area contributed by atoms with Crippen LogP contribution < -0.4 is 10.1 Å². The zero-order valence-electron chi connectivity index (χ0n) is 12.5. The zero-order valence-corrected chi connectivity index (χ0v) is 12.5. The van der Waals surface area contributed by atoms with Gasteiger partial charge in [0.1, 0.15) is 17.4 Å². The lowest BCUT2D eigenvalue weighted by Gasteiger charge is -2.32. The molecule has 1 aliphatic carbocycles. The van der Waals surface area contributed by atoms with Gasteiger partial charge in [0.15, 0.2) is 0 Å². The summed E-state index contributed by atoms with van der Waals surface area (Å²) in [5.74, 6) is 1.33. The second-order valence-electron chi connectivity index (χ2n) is 6.16. The third-order valence-electron chi connectivity index (χ3n) is 4.53. The number of fused-ring (bicyclic) bond motifs is 1. The molecule has 1 saturated heterocycles. The van der Waals surface area contributed by atoms with Crippen LogP contribution >= 0.6 is 0 Å². The van der Waals surface area contributed by atoms with Crippen LogP contribution in [-0.4, -0.2) is 36.5 Å². The molecule has 2 heterocycles. The number of likely N-dealkylation sites (tertiary alicyclic amines) is 1. The molecule has 1 saturated carbocycles. The molecule has 0 radical (unpaired) electrons. The molecule has 5 heteroatoms. The van der Waals surface area contributed by atoms with Gasteiger partial charge in [0.2, 0.25) is 12.3 Å². The molecule has 2 aromatic rings. The van der Waals surface area contributed by atoms with E-state index in [4.69, 9.17) is 9.15 Å². The van der Waals surface area contributed by atoms with Crippen LogP contribution in [0.5, 0.6) is 5.75 Å². The molecule has 22 heavy (non-hydrogen) atoms. The number of carbonyl (C=O) groups excluding carboxylic acids is 1. The van der Waals surface area contributed by atoms with Gasteiger partial charge in [0.05, 0.1) is 0 Å². The van der Waals surface area contributed by atoms with E-state index in [0.717, 1.165) is 48.7 Å². The van der Waals surface area contributed by atoms with Crippen molar-refractivity contribution in [3.8, 4) is 5.75 Å². The normalized spacial score (nSPS) is 20.2. The monoisotopic (exact) mass is 300 g/mol. The lowest BCUT2D eigenvalue weighted by Crippen LogP contribution is -2.39. The first kappa shape index (κ1) is 13.6. The SMILES string of the molecule is O=CNc1cc2cc(OC3CCN(C4CC4)CC3)ccc2o1. The fourth-order valence-corrected chi connectivity index (χ4v) is 3.21. The number of carbonyl (C=O) groups is 1. The van der Waals surface area contributed by atoms with Crippen molar-refractivity contribution in [1.29, 1.82) is 0 Å². The van der Waals surface area contributed by atoms with E-state index in [1.165, 1.54) is 12.8 Å². The largest absolute Gasteiger partial charge is 0.490 e. The maximum absolute atomic E-state index is 10.5. The minimum atomic E-state index is 0.298. The third kappa shape index (κ3) is 2.81. The maximum Gasteiger partial charge on any atom is 0.213 e. The van der Waals surface area contributed by atoms with E-state index in [-0.39, 0.29) is 0 Å². The van der Waals surface area contributed by atoms with Crippen molar-refractivity contribution in [2.24, 2.45) is 0 Å². The van der Waals surface area contributed by atoms with Gasteiger partial charge in [0.25, 0.3) is 0 Å². The highest BCUT2D eigenvalue weighted by molar-refractivity contribution is 5.84. The molecule has 1 aliphatic heterocycles. The summed E-state index contributed by atoms with van der Waals surface area (Å²) in [6.07, 6.45) is 5.85. The van der Waals surface area contributed by atoms with Gasteiger partial charge >= 0.3 is 0 Å². The van der Waals surface area contributed by atoms with Crippen LogP contribution in [0.2, 0.25) is 0 Å². The van der Waals surface area contributed by atoms with E-state index in [0.29, 0.717) is 18.4 Å². The van der Waals surface area contributed by atoms with Gasteiger partial charge in [-0.05, 0) is 43.9 Å². The van der Waals surface area contributed by atoms with Gasteiger partial charge in [-0.1, -0.05) is 0 Å². The highest BCUT2D eigenvalue weighted by Crippen LogP contribution is 2.31. The van der Waals surface area contributed by atoms with Gasteiger partial charge < -0.3 is 14.1 Å². The number of rotatable bonds is 5. The van der Waals surface area contributed by atoms with Crippen molar-refractivity contribution >= 4 is 23.3 Å². The van der Waals surface area contributed by atoms with Crippen LogP contribution in [0.1, 0.15) is 25.7 Å². The Balaban J connectivity index is 1.41. The molecule has 116 valence electrons. The molecule has 0 bridgehead atoms. The van der Waals surface area contributed by atoms with Gasteiger partial charge in [-0.25, -0.2) is 0 Å². The molecule has 2 fully saturated rings. The lowest BCUT2D eigenvalue weighted by atomic mass is 10.1. The van der Waals surface area contributed by atoms with E-state index in [2.05, 4.69) is 10.2 Å². The summed E-state index contributed by atoms with van der Waals surface area (Å²) in [5, 5.41) is 3.47. The number of nitrogens with zero attached hydrogens (tertiary/aromatic N) is 1. The van der Waals surface area contributed by atoms with E-state index in [1.807, 2.05) is 24.3 Å². The first-order chi connectivity index (χ1) is 10.8. The second-order valence-corrected chi connectivity index (χ2v) is 6.16. The van der Waals surface area contributed by atoms with E-state index >= 15 is 0 Å². The number of furan rings is 1. The lowest BCUT2D eigenvalue weighted by molar-refractivity contribution is -0.105. The van der Waals surface area contributed by atoms with E-state index < -0.39 is 0 Å². The summed E-state index contributed by atoms with van der Waals surface area (Å²) in [6.45, 7) is 2.30. The smallest absolute Gasteiger partial charge is 0.213 e. The second kappa shape index (κ2) is 5.65. The Labute approximate surface area is 129 Å². The topological polar surface area (TPSA) is 54.7 Å². The summed E-state index contributed by atoms with van der Waals surface area (Å²) in [7, 11) is 0. The Morgan fingerprint density at radius 3 is 2.73 bits per heavy atom. The zero-order chi connectivity index (χ0) is 14.9. The highest BCUT2D eigenvalue weighted by atomic mass is 16.5. The molecule has 0 unspecified atom stereocenters. The quantitative estimate of drug-likeness (QED) is 0.862. The molecule has 2 aliphatic rings. The van der Waals surface area contributed by atoms with Crippen LogP contribution in [0.15, 0.2) is 28.7 Å². The van der Waals surface area contributed by atoms with Crippen LogP contribution in [0.4, 0.5) is 5.88 Å². The molecule has 0 spiro atoms. The number of hydrogen-bond donors (Lipinski definition) is 1. The van der Waals surface area contributed by atoms with Crippen LogP contribution in [0, 0.1) is 0 Å². The van der Waals surface area contributed by atoms with Crippen LogP contribution in [-0.2, 0) is 4.79 Å². The molecule has 1 aromatic heterocycles. The number of piperidine rings is 1.